The van der Waals surface area contributed by atoms with Crippen LogP contribution in [-0.4, -0.2) is 18.1 Å². The third-order valence-electron chi connectivity index (χ3n) is 3.48. The monoisotopic (exact) mass is 238 g/mol. The number of thiazole rings is 1. The molecule has 0 spiro atoms. The zero-order chi connectivity index (χ0) is 11.2. The predicted octanol–water partition coefficient (Wildman–Crippen LogP) is 3.42. The minimum atomic E-state index is 0.559. The first kappa shape index (κ1) is 12.1. The Morgan fingerprint density at radius 2 is 2.25 bits per heavy atom. The van der Waals surface area contributed by atoms with Gasteiger partial charge in [0.1, 0.15) is 0 Å². The Kier molecular flexibility index (Phi) is 4.79. The minimum absolute atomic E-state index is 0.559. The van der Waals surface area contributed by atoms with E-state index < -0.39 is 0 Å². The van der Waals surface area contributed by atoms with Crippen molar-refractivity contribution in [2.75, 3.05) is 13.1 Å². The lowest BCUT2D eigenvalue weighted by molar-refractivity contribution is 0.340. The van der Waals surface area contributed by atoms with Crippen LogP contribution >= 0.6 is 11.3 Å². The lowest BCUT2D eigenvalue weighted by Gasteiger charge is -2.22. The highest BCUT2D eigenvalue weighted by molar-refractivity contribution is 7.09. The molecule has 1 fully saturated rings. The van der Waals surface area contributed by atoms with Gasteiger partial charge < -0.3 is 5.32 Å². The highest BCUT2D eigenvalue weighted by Gasteiger charge is 2.14. The quantitative estimate of drug-likeness (QED) is 0.850. The maximum Gasteiger partial charge on any atom is 0.0965 e. The van der Waals surface area contributed by atoms with E-state index >= 15 is 0 Å². The van der Waals surface area contributed by atoms with Crippen molar-refractivity contribution < 1.29 is 0 Å². The molecule has 0 radical (unpaired) electrons. The van der Waals surface area contributed by atoms with Crippen LogP contribution in [0.4, 0.5) is 0 Å². The Morgan fingerprint density at radius 3 is 2.94 bits per heavy atom. The summed E-state index contributed by atoms with van der Waals surface area (Å²) in [4.78, 5) is 4.36. The first-order valence-electron chi connectivity index (χ1n) is 6.46. The summed E-state index contributed by atoms with van der Waals surface area (Å²) in [6.07, 6.45) is 9.09. The maximum absolute atomic E-state index is 4.36. The highest BCUT2D eigenvalue weighted by Crippen LogP contribution is 2.23. The first-order valence-corrected chi connectivity index (χ1v) is 7.34. The van der Waals surface area contributed by atoms with E-state index in [1.54, 1.807) is 11.3 Å². The van der Waals surface area contributed by atoms with Crippen molar-refractivity contribution in [2.45, 2.75) is 44.9 Å². The number of nitrogens with zero attached hydrogens (tertiary/aromatic N) is 1. The topological polar surface area (TPSA) is 24.9 Å². The van der Waals surface area contributed by atoms with Gasteiger partial charge in [0.25, 0.3) is 0 Å². The normalized spacial score (nSPS) is 19.8. The van der Waals surface area contributed by atoms with Crippen molar-refractivity contribution in [3.8, 4) is 0 Å². The third kappa shape index (κ3) is 3.56. The molecule has 1 unspecified atom stereocenters. The molecule has 1 heterocycles. The number of rotatable bonds is 5. The molecule has 1 saturated carbocycles. The molecule has 1 aliphatic carbocycles. The van der Waals surface area contributed by atoms with Crippen LogP contribution in [-0.2, 0) is 0 Å². The smallest absolute Gasteiger partial charge is 0.0965 e. The molecule has 2 rings (SSSR count). The van der Waals surface area contributed by atoms with Gasteiger partial charge in [-0.25, -0.2) is 4.98 Å². The van der Waals surface area contributed by atoms with Crippen LogP contribution in [0.2, 0.25) is 0 Å². The molecule has 3 heteroatoms. The largest absolute Gasteiger partial charge is 0.316 e. The van der Waals surface area contributed by atoms with Gasteiger partial charge in [-0.3, -0.25) is 0 Å². The standard InChI is InChI=1S/C13H22N2S/c1-11(13-15-7-8-16-13)9-14-10-12-5-3-2-4-6-12/h7-8,11-12,14H,2-6,9-10H2,1H3. The van der Waals surface area contributed by atoms with Crippen LogP contribution in [0.5, 0.6) is 0 Å². The summed E-state index contributed by atoms with van der Waals surface area (Å²) < 4.78 is 0. The fourth-order valence-corrected chi connectivity index (χ4v) is 3.16. The van der Waals surface area contributed by atoms with Gasteiger partial charge in [-0.15, -0.1) is 11.3 Å². The van der Waals surface area contributed by atoms with E-state index in [1.807, 2.05) is 6.20 Å². The summed E-state index contributed by atoms with van der Waals surface area (Å²) in [5.74, 6) is 1.49. The third-order valence-corrected chi connectivity index (χ3v) is 4.49. The molecule has 1 aromatic heterocycles. The van der Waals surface area contributed by atoms with Gasteiger partial charge in [0.15, 0.2) is 0 Å². The zero-order valence-corrected chi connectivity index (χ0v) is 10.9. The van der Waals surface area contributed by atoms with E-state index in [9.17, 15) is 0 Å². The van der Waals surface area contributed by atoms with E-state index in [2.05, 4.69) is 22.6 Å². The Morgan fingerprint density at radius 1 is 1.44 bits per heavy atom. The molecule has 0 amide bonds. The van der Waals surface area contributed by atoms with Crippen molar-refractivity contribution >= 4 is 11.3 Å². The van der Waals surface area contributed by atoms with E-state index in [-0.39, 0.29) is 0 Å². The van der Waals surface area contributed by atoms with Crippen molar-refractivity contribution in [3.63, 3.8) is 0 Å². The molecule has 0 aromatic carbocycles. The maximum atomic E-state index is 4.36. The molecule has 2 nitrogen and oxygen atoms in total. The summed E-state index contributed by atoms with van der Waals surface area (Å²) in [5, 5.41) is 6.93. The predicted molar refractivity (Wildman–Crippen MR) is 70.0 cm³/mol. The highest BCUT2D eigenvalue weighted by atomic mass is 32.1. The Bertz CT molecular complexity index is 278. The molecule has 0 saturated heterocycles. The Hall–Kier alpha value is -0.410. The molecule has 0 aliphatic heterocycles. The summed E-state index contributed by atoms with van der Waals surface area (Å²) in [7, 11) is 0. The van der Waals surface area contributed by atoms with Gasteiger partial charge in [0, 0.05) is 24.0 Å². The first-order chi connectivity index (χ1) is 7.86. The van der Waals surface area contributed by atoms with E-state index in [0.29, 0.717) is 5.92 Å². The minimum Gasteiger partial charge on any atom is -0.316 e. The van der Waals surface area contributed by atoms with Gasteiger partial charge >= 0.3 is 0 Å². The van der Waals surface area contributed by atoms with Crippen LogP contribution in [0.3, 0.4) is 0 Å². The summed E-state index contributed by atoms with van der Waals surface area (Å²) in [6.45, 7) is 4.53. The summed E-state index contributed by atoms with van der Waals surface area (Å²) >= 11 is 1.77. The average Bonchev–Trinajstić information content (AvgIpc) is 2.84. The van der Waals surface area contributed by atoms with E-state index in [1.165, 1.54) is 43.7 Å². The molecular formula is C13H22N2S. The SMILES string of the molecule is CC(CNCC1CCCCC1)c1nccs1. The van der Waals surface area contributed by atoms with Gasteiger partial charge in [-0.05, 0) is 25.3 Å². The molecule has 1 aliphatic rings. The second-order valence-electron chi connectivity index (χ2n) is 4.93. The number of hydrogen-bond acceptors (Lipinski definition) is 3. The van der Waals surface area contributed by atoms with Crippen LogP contribution in [0.1, 0.15) is 50.0 Å². The molecule has 1 atom stereocenters. The molecule has 1 aromatic rings. The number of nitrogens with one attached hydrogen (secondary N) is 1. The Balaban J connectivity index is 1.63. The van der Waals surface area contributed by atoms with Crippen molar-refractivity contribution in [3.05, 3.63) is 16.6 Å². The molecule has 0 bridgehead atoms. The second kappa shape index (κ2) is 6.36. The van der Waals surface area contributed by atoms with Crippen molar-refractivity contribution in [1.82, 2.24) is 10.3 Å². The summed E-state index contributed by atoms with van der Waals surface area (Å²) in [5.41, 5.74) is 0. The van der Waals surface area contributed by atoms with Crippen LogP contribution in [0, 0.1) is 5.92 Å². The van der Waals surface area contributed by atoms with Gasteiger partial charge in [-0.1, -0.05) is 26.2 Å². The fraction of sp³-hybridized carbons (Fsp3) is 0.769. The number of aromatic nitrogens is 1. The zero-order valence-electron chi connectivity index (χ0n) is 10.1. The average molecular weight is 238 g/mol. The molecule has 1 N–H and O–H groups in total. The van der Waals surface area contributed by atoms with Crippen LogP contribution in [0.25, 0.3) is 0 Å². The molecular weight excluding hydrogens is 216 g/mol. The Labute approximate surface area is 102 Å². The lowest BCUT2D eigenvalue weighted by atomic mass is 9.89. The van der Waals surface area contributed by atoms with Crippen molar-refractivity contribution in [2.24, 2.45) is 5.92 Å². The molecule has 16 heavy (non-hydrogen) atoms. The van der Waals surface area contributed by atoms with E-state index in [4.69, 9.17) is 0 Å². The van der Waals surface area contributed by atoms with Crippen LogP contribution in [0.15, 0.2) is 11.6 Å². The summed E-state index contributed by atoms with van der Waals surface area (Å²) in [6, 6.07) is 0. The van der Waals surface area contributed by atoms with E-state index in [0.717, 1.165) is 12.5 Å². The lowest BCUT2D eigenvalue weighted by Crippen LogP contribution is -2.27. The van der Waals surface area contributed by atoms with Gasteiger partial charge in [-0.2, -0.15) is 0 Å². The number of hydrogen-bond donors (Lipinski definition) is 1. The van der Waals surface area contributed by atoms with Gasteiger partial charge in [0.05, 0.1) is 5.01 Å². The van der Waals surface area contributed by atoms with Gasteiger partial charge in [0.2, 0.25) is 0 Å². The second-order valence-corrected chi connectivity index (χ2v) is 5.86. The van der Waals surface area contributed by atoms with Crippen LogP contribution < -0.4 is 5.32 Å². The van der Waals surface area contributed by atoms with Crippen molar-refractivity contribution in [1.29, 1.82) is 0 Å². The fourth-order valence-electron chi connectivity index (χ4n) is 2.46. The molecule has 90 valence electrons.